The van der Waals surface area contributed by atoms with Gasteiger partial charge in [0.1, 0.15) is 5.75 Å². The average Bonchev–Trinajstić information content (AvgIpc) is 2.45. The van der Waals surface area contributed by atoms with Crippen LogP contribution in [-0.2, 0) is 11.2 Å². The van der Waals surface area contributed by atoms with E-state index in [9.17, 15) is 4.79 Å². The van der Waals surface area contributed by atoms with Gasteiger partial charge in [0.2, 0.25) is 5.24 Å². The molecule has 0 aliphatic heterocycles. The molecule has 0 aliphatic carbocycles. The van der Waals surface area contributed by atoms with Crippen LogP contribution in [0.15, 0.2) is 48.5 Å². The van der Waals surface area contributed by atoms with Crippen molar-refractivity contribution in [3.05, 3.63) is 64.7 Å². The van der Waals surface area contributed by atoms with Gasteiger partial charge >= 0.3 is 0 Å². The topological polar surface area (TPSA) is 26.3 Å². The molecule has 4 heteroatoms. The molecule has 0 saturated carbocycles. The molecule has 0 spiro atoms. The molecule has 0 amide bonds. The van der Waals surface area contributed by atoms with Crippen molar-refractivity contribution in [3.8, 4) is 5.75 Å². The van der Waals surface area contributed by atoms with Crippen LogP contribution in [0.5, 0.6) is 5.75 Å². The van der Waals surface area contributed by atoms with Crippen LogP contribution in [0.1, 0.15) is 17.0 Å². The Morgan fingerprint density at radius 3 is 2.45 bits per heavy atom. The Hall–Kier alpha value is -1.51. The standard InChI is InChI=1S/C16H14Cl2O2/c1-20-14-7-5-12(6-8-14)15(16(18)19)10-11-3-2-4-13(17)9-11/h2-9,15H,10H2,1H3. The van der Waals surface area contributed by atoms with Crippen LogP contribution in [0.4, 0.5) is 0 Å². The van der Waals surface area contributed by atoms with Gasteiger partial charge in [-0.3, -0.25) is 4.79 Å². The third-order valence-electron chi connectivity index (χ3n) is 3.12. The van der Waals surface area contributed by atoms with Crippen LogP contribution >= 0.6 is 23.2 Å². The Kier molecular flexibility index (Phi) is 5.05. The summed E-state index contributed by atoms with van der Waals surface area (Å²) in [5.74, 6) is 0.360. The van der Waals surface area contributed by atoms with Crippen LogP contribution in [0.3, 0.4) is 0 Å². The van der Waals surface area contributed by atoms with E-state index in [1.807, 2.05) is 42.5 Å². The van der Waals surface area contributed by atoms with Gasteiger partial charge in [-0.05, 0) is 53.4 Å². The number of carbonyl (C=O) groups is 1. The first-order valence-corrected chi connectivity index (χ1v) is 6.93. The number of halogens is 2. The first kappa shape index (κ1) is 14.9. The normalized spacial score (nSPS) is 11.9. The van der Waals surface area contributed by atoms with Crippen LogP contribution in [0.2, 0.25) is 5.02 Å². The molecule has 0 fully saturated rings. The zero-order valence-corrected chi connectivity index (χ0v) is 12.5. The van der Waals surface area contributed by atoms with E-state index in [-0.39, 0.29) is 11.2 Å². The fourth-order valence-corrected chi connectivity index (χ4v) is 2.48. The summed E-state index contributed by atoms with van der Waals surface area (Å²) in [6.45, 7) is 0. The summed E-state index contributed by atoms with van der Waals surface area (Å²) in [5.41, 5.74) is 1.85. The molecule has 1 unspecified atom stereocenters. The number of hydrogen-bond donors (Lipinski definition) is 0. The number of hydrogen-bond acceptors (Lipinski definition) is 2. The maximum absolute atomic E-state index is 11.7. The molecule has 2 nitrogen and oxygen atoms in total. The van der Waals surface area contributed by atoms with Crippen LogP contribution in [-0.4, -0.2) is 12.4 Å². The average molecular weight is 309 g/mol. The van der Waals surface area contributed by atoms with Crippen molar-refractivity contribution in [2.24, 2.45) is 0 Å². The fraction of sp³-hybridized carbons (Fsp3) is 0.188. The maximum atomic E-state index is 11.7. The van der Waals surface area contributed by atoms with E-state index in [2.05, 4.69) is 0 Å². The van der Waals surface area contributed by atoms with Crippen LogP contribution in [0.25, 0.3) is 0 Å². The summed E-state index contributed by atoms with van der Waals surface area (Å²) in [6, 6.07) is 14.8. The second-order valence-electron chi connectivity index (χ2n) is 4.46. The Labute approximate surface area is 128 Å². The maximum Gasteiger partial charge on any atom is 0.229 e. The van der Waals surface area contributed by atoms with E-state index < -0.39 is 0 Å². The van der Waals surface area contributed by atoms with Crippen LogP contribution < -0.4 is 4.74 Å². The van der Waals surface area contributed by atoms with Crippen molar-refractivity contribution < 1.29 is 9.53 Å². The van der Waals surface area contributed by atoms with Crippen molar-refractivity contribution >= 4 is 28.4 Å². The Balaban J connectivity index is 2.24. The fourth-order valence-electron chi connectivity index (χ4n) is 2.06. The van der Waals surface area contributed by atoms with E-state index in [0.717, 1.165) is 16.9 Å². The highest BCUT2D eigenvalue weighted by Gasteiger charge is 2.19. The van der Waals surface area contributed by atoms with Gasteiger partial charge in [-0.1, -0.05) is 35.9 Å². The molecular formula is C16H14Cl2O2. The summed E-state index contributed by atoms with van der Waals surface area (Å²) in [7, 11) is 1.60. The molecule has 0 bridgehead atoms. The Morgan fingerprint density at radius 2 is 1.90 bits per heavy atom. The van der Waals surface area contributed by atoms with E-state index in [4.69, 9.17) is 27.9 Å². The molecule has 0 N–H and O–H groups in total. The lowest BCUT2D eigenvalue weighted by molar-refractivity contribution is -0.113. The third kappa shape index (κ3) is 3.75. The zero-order valence-electron chi connectivity index (χ0n) is 11.0. The Bertz CT molecular complexity index is 594. The number of ether oxygens (including phenoxy) is 1. The molecule has 2 aromatic rings. The molecule has 0 aromatic heterocycles. The first-order valence-electron chi connectivity index (χ1n) is 6.18. The van der Waals surface area contributed by atoms with E-state index in [0.29, 0.717) is 11.4 Å². The van der Waals surface area contributed by atoms with E-state index in [1.54, 1.807) is 13.2 Å². The van der Waals surface area contributed by atoms with Crippen molar-refractivity contribution in [2.75, 3.05) is 7.11 Å². The lowest BCUT2D eigenvalue weighted by Crippen LogP contribution is -2.10. The lowest BCUT2D eigenvalue weighted by atomic mass is 9.93. The predicted molar refractivity (Wildman–Crippen MR) is 81.8 cm³/mol. The summed E-state index contributed by atoms with van der Waals surface area (Å²) < 4.78 is 5.11. The highest BCUT2D eigenvalue weighted by atomic mass is 35.5. The number of carbonyl (C=O) groups excluding carboxylic acids is 1. The minimum absolute atomic E-state index is 0.379. The molecule has 0 radical (unpaired) electrons. The van der Waals surface area contributed by atoms with Crippen molar-refractivity contribution in [1.82, 2.24) is 0 Å². The molecule has 0 heterocycles. The number of rotatable bonds is 5. The molecule has 1 atom stereocenters. The van der Waals surface area contributed by atoms with Gasteiger partial charge < -0.3 is 4.74 Å². The van der Waals surface area contributed by atoms with Crippen molar-refractivity contribution in [1.29, 1.82) is 0 Å². The quantitative estimate of drug-likeness (QED) is 0.763. The van der Waals surface area contributed by atoms with Crippen molar-refractivity contribution in [2.45, 2.75) is 12.3 Å². The summed E-state index contributed by atoms with van der Waals surface area (Å²) in [4.78, 5) is 11.7. The SMILES string of the molecule is COc1ccc(C(Cc2cccc(Cl)c2)C(=O)Cl)cc1. The minimum atomic E-state index is -0.388. The highest BCUT2D eigenvalue weighted by Crippen LogP contribution is 2.26. The van der Waals surface area contributed by atoms with E-state index in [1.165, 1.54) is 0 Å². The second-order valence-corrected chi connectivity index (χ2v) is 5.27. The van der Waals surface area contributed by atoms with Gasteiger partial charge in [-0.25, -0.2) is 0 Å². The van der Waals surface area contributed by atoms with Crippen LogP contribution in [0, 0.1) is 0 Å². The summed E-state index contributed by atoms with van der Waals surface area (Å²) in [5, 5.41) is 0.271. The number of methoxy groups -OCH3 is 1. The largest absolute Gasteiger partial charge is 0.497 e. The first-order chi connectivity index (χ1) is 9.60. The smallest absolute Gasteiger partial charge is 0.229 e. The molecular weight excluding hydrogens is 295 g/mol. The van der Waals surface area contributed by atoms with Gasteiger partial charge in [-0.2, -0.15) is 0 Å². The number of benzene rings is 2. The molecule has 104 valence electrons. The summed E-state index contributed by atoms with van der Waals surface area (Å²) in [6.07, 6.45) is 0.523. The minimum Gasteiger partial charge on any atom is -0.497 e. The van der Waals surface area contributed by atoms with Gasteiger partial charge in [-0.15, -0.1) is 0 Å². The molecule has 0 aliphatic rings. The predicted octanol–water partition coefficient (Wildman–Crippen LogP) is 4.44. The Morgan fingerprint density at radius 1 is 1.20 bits per heavy atom. The van der Waals surface area contributed by atoms with Gasteiger partial charge in [0, 0.05) is 5.02 Å². The molecule has 0 saturated heterocycles. The van der Waals surface area contributed by atoms with E-state index >= 15 is 0 Å². The highest BCUT2D eigenvalue weighted by molar-refractivity contribution is 6.64. The van der Waals surface area contributed by atoms with Gasteiger partial charge in [0.25, 0.3) is 0 Å². The molecule has 2 aromatic carbocycles. The zero-order chi connectivity index (χ0) is 14.5. The monoisotopic (exact) mass is 308 g/mol. The molecule has 20 heavy (non-hydrogen) atoms. The van der Waals surface area contributed by atoms with Gasteiger partial charge in [0.05, 0.1) is 13.0 Å². The van der Waals surface area contributed by atoms with Crippen molar-refractivity contribution in [3.63, 3.8) is 0 Å². The lowest BCUT2D eigenvalue weighted by Gasteiger charge is -2.14. The summed E-state index contributed by atoms with van der Waals surface area (Å²) >= 11 is 11.7. The molecule has 2 rings (SSSR count). The van der Waals surface area contributed by atoms with Gasteiger partial charge in [0.15, 0.2) is 0 Å². The third-order valence-corrected chi connectivity index (χ3v) is 3.62. The second kappa shape index (κ2) is 6.78.